The first-order valence-corrected chi connectivity index (χ1v) is 12.7. The molecular formula is C28H33N9O4. The summed E-state index contributed by atoms with van der Waals surface area (Å²) in [6.45, 7) is 9.22. The average molecular weight is 560 g/mol. The predicted octanol–water partition coefficient (Wildman–Crippen LogP) is 4.05. The number of nitrogens with one attached hydrogen (secondary N) is 4. The lowest BCUT2D eigenvalue weighted by Gasteiger charge is -2.26. The van der Waals surface area contributed by atoms with Gasteiger partial charge in [0.2, 0.25) is 0 Å². The van der Waals surface area contributed by atoms with Crippen molar-refractivity contribution in [2.75, 3.05) is 11.9 Å². The summed E-state index contributed by atoms with van der Waals surface area (Å²) < 4.78 is 17.7. The molecule has 2 heterocycles. The third kappa shape index (κ3) is 7.06. The summed E-state index contributed by atoms with van der Waals surface area (Å²) in [6, 6.07) is 11.6. The van der Waals surface area contributed by atoms with Gasteiger partial charge in [0.1, 0.15) is 34.0 Å². The van der Waals surface area contributed by atoms with Crippen LogP contribution in [-0.2, 0) is 10.2 Å². The highest BCUT2D eigenvalue weighted by atomic mass is 16.6. The summed E-state index contributed by atoms with van der Waals surface area (Å²) in [5.41, 5.74) is 12.4. The Kier molecular flexibility index (Phi) is 7.81. The molecule has 2 aromatic carbocycles. The van der Waals surface area contributed by atoms with Crippen LogP contribution in [0.2, 0.25) is 0 Å². The van der Waals surface area contributed by atoms with Gasteiger partial charge in [0.25, 0.3) is 0 Å². The fourth-order valence-electron chi connectivity index (χ4n) is 3.87. The lowest BCUT2D eigenvalue weighted by molar-refractivity contribution is 0.00650. The number of carbonyl (C=O) groups excluding carboxylic acids is 1. The molecule has 0 unspecified atom stereocenters. The average Bonchev–Trinajstić information content (AvgIpc) is 3.34. The van der Waals surface area contributed by atoms with Crippen LogP contribution in [0.15, 0.2) is 48.8 Å². The van der Waals surface area contributed by atoms with E-state index in [-0.39, 0.29) is 35.7 Å². The largest absolute Gasteiger partial charge is 0.492 e. The quantitative estimate of drug-likeness (QED) is 0.0983. The van der Waals surface area contributed by atoms with E-state index in [1.54, 1.807) is 57.2 Å². The predicted molar refractivity (Wildman–Crippen MR) is 155 cm³/mol. The topological polar surface area (TPSA) is 211 Å². The number of guanidine groups is 1. The number of nitrogen functional groups attached to an aromatic ring is 1. The van der Waals surface area contributed by atoms with Gasteiger partial charge >= 0.3 is 12.0 Å². The second-order valence-corrected chi connectivity index (χ2v) is 10.9. The maximum atomic E-state index is 12.9. The molecule has 0 aliphatic heterocycles. The van der Waals surface area contributed by atoms with Gasteiger partial charge in [0.05, 0.1) is 18.6 Å². The number of hydrogen-bond acceptors (Lipinski definition) is 9. The molecule has 0 fully saturated rings. The number of rotatable bonds is 9. The third-order valence-electron chi connectivity index (χ3n) is 5.72. The number of imidazole rings is 1. The molecule has 4 aromatic rings. The first kappa shape index (κ1) is 28.8. The van der Waals surface area contributed by atoms with Gasteiger partial charge in [0, 0.05) is 22.7 Å². The number of aromatic amines is 1. The molecule has 0 radical (unpaired) electrons. The molecule has 8 N–H and O–H groups in total. The maximum absolute atomic E-state index is 12.9. The van der Waals surface area contributed by atoms with E-state index < -0.39 is 17.0 Å². The first-order valence-electron chi connectivity index (χ1n) is 12.7. The minimum Gasteiger partial charge on any atom is -0.492 e. The Morgan fingerprint density at radius 3 is 2.49 bits per heavy atom. The van der Waals surface area contributed by atoms with E-state index in [1.807, 2.05) is 13.8 Å². The number of esters is 1. The van der Waals surface area contributed by atoms with Gasteiger partial charge in [-0.25, -0.2) is 9.78 Å². The second-order valence-electron chi connectivity index (χ2n) is 10.9. The molecule has 0 aliphatic carbocycles. The molecule has 0 spiro atoms. The first-order chi connectivity index (χ1) is 19.2. The SMILES string of the molecule is CC(C)(C)OC(=O)c1ccc(C(=N)N)cc1OCC(C)(C)c1nc(Oc2cccc(NC(=N)N)c2)nc2[nH]cnc12. The van der Waals surface area contributed by atoms with Gasteiger partial charge in [0.15, 0.2) is 11.6 Å². The van der Waals surface area contributed by atoms with Crippen molar-refractivity contribution in [2.45, 2.75) is 45.6 Å². The summed E-state index contributed by atoms with van der Waals surface area (Å²) >= 11 is 0. The summed E-state index contributed by atoms with van der Waals surface area (Å²) in [5, 5.41) is 18.0. The van der Waals surface area contributed by atoms with Gasteiger partial charge in [-0.3, -0.25) is 10.8 Å². The van der Waals surface area contributed by atoms with E-state index in [9.17, 15) is 4.79 Å². The minimum absolute atomic E-state index is 0.0674. The zero-order valence-electron chi connectivity index (χ0n) is 23.5. The summed E-state index contributed by atoms with van der Waals surface area (Å²) in [5.74, 6) is -0.278. The molecule has 13 heteroatoms. The smallest absolute Gasteiger partial charge is 0.342 e. The molecule has 0 atom stereocenters. The molecule has 0 saturated carbocycles. The van der Waals surface area contributed by atoms with Crippen molar-refractivity contribution in [3.05, 3.63) is 65.6 Å². The molecule has 41 heavy (non-hydrogen) atoms. The number of ether oxygens (including phenoxy) is 3. The van der Waals surface area contributed by atoms with E-state index in [0.29, 0.717) is 33.9 Å². The fraction of sp³-hybridized carbons (Fsp3) is 0.286. The normalized spacial score (nSPS) is 11.6. The van der Waals surface area contributed by atoms with E-state index >= 15 is 0 Å². The Morgan fingerprint density at radius 1 is 1.05 bits per heavy atom. The molecular weight excluding hydrogens is 526 g/mol. The van der Waals surface area contributed by atoms with Crippen LogP contribution < -0.4 is 26.3 Å². The molecule has 0 aliphatic rings. The van der Waals surface area contributed by atoms with Crippen molar-refractivity contribution in [1.82, 2.24) is 19.9 Å². The van der Waals surface area contributed by atoms with E-state index in [0.717, 1.165) is 0 Å². The highest BCUT2D eigenvalue weighted by molar-refractivity contribution is 5.98. The number of aromatic nitrogens is 4. The van der Waals surface area contributed by atoms with Crippen molar-refractivity contribution in [3.8, 4) is 17.5 Å². The van der Waals surface area contributed by atoms with Crippen molar-refractivity contribution in [3.63, 3.8) is 0 Å². The Labute approximate surface area is 236 Å². The van der Waals surface area contributed by atoms with Gasteiger partial charge in [-0.2, -0.15) is 9.97 Å². The van der Waals surface area contributed by atoms with Crippen LogP contribution in [-0.4, -0.2) is 49.9 Å². The Bertz CT molecular complexity index is 1620. The maximum Gasteiger partial charge on any atom is 0.342 e. The lowest BCUT2D eigenvalue weighted by Crippen LogP contribution is -2.29. The number of carbonyl (C=O) groups is 1. The molecule has 0 saturated heterocycles. The van der Waals surface area contributed by atoms with Crippen LogP contribution in [0.4, 0.5) is 5.69 Å². The number of H-pyrrole nitrogens is 1. The third-order valence-corrected chi connectivity index (χ3v) is 5.72. The van der Waals surface area contributed by atoms with Crippen LogP contribution in [0.5, 0.6) is 17.5 Å². The van der Waals surface area contributed by atoms with E-state index in [2.05, 4.69) is 25.3 Å². The number of hydrogen-bond donors (Lipinski definition) is 6. The van der Waals surface area contributed by atoms with Crippen LogP contribution >= 0.6 is 0 Å². The van der Waals surface area contributed by atoms with Crippen molar-refractivity contribution >= 4 is 34.6 Å². The number of anilines is 1. The zero-order valence-corrected chi connectivity index (χ0v) is 23.5. The van der Waals surface area contributed by atoms with Crippen molar-refractivity contribution < 1.29 is 19.0 Å². The van der Waals surface area contributed by atoms with Gasteiger partial charge in [-0.1, -0.05) is 26.0 Å². The van der Waals surface area contributed by atoms with Crippen LogP contribution in [0.3, 0.4) is 0 Å². The van der Waals surface area contributed by atoms with Gasteiger partial charge in [-0.05, 0) is 45.0 Å². The highest BCUT2D eigenvalue weighted by Crippen LogP contribution is 2.32. The minimum atomic E-state index is -0.760. The molecule has 0 bridgehead atoms. The number of nitrogens with zero attached hydrogens (tertiary/aromatic N) is 3. The Hall–Kier alpha value is -5.20. The van der Waals surface area contributed by atoms with Crippen molar-refractivity contribution in [2.24, 2.45) is 11.5 Å². The number of nitrogens with two attached hydrogens (primary N) is 2. The Morgan fingerprint density at radius 2 is 1.80 bits per heavy atom. The second kappa shape index (κ2) is 11.1. The monoisotopic (exact) mass is 559 g/mol. The van der Waals surface area contributed by atoms with Crippen LogP contribution in [0.1, 0.15) is 56.2 Å². The summed E-state index contributed by atoms with van der Waals surface area (Å²) in [4.78, 5) is 29.4. The number of amidine groups is 1. The van der Waals surface area contributed by atoms with Crippen molar-refractivity contribution in [1.29, 1.82) is 10.8 Å². The van der Waals surface area contributed by atoms with Gasteiger partial charge in [-0.15, -0.1) is 0 Å². The summed E-state index contributed by atoms with van der Waals surface area (Å²) in [6.07, 6.45) is 1.51. The lowest BCUT2D eigenvalue weighted by atomic mass is 9.89. The van der Waals surface area contributed by atoms with Crippen LogP contribution in [0, 0.1) is 10.8 Å². The molecule has 4 rings (SSSR count). The number of fused-ring (bicyclic) bond motifs is 1. The van der Waals surface area contributed by atoms with E-state index in [4.69, 9.17) is 36.5 Å². The van der Waals surface area contributed by atoms with E-state index in [1.165, 1.54) is 12.4 Å². The van der Waals surface area contributed by atoms with Crippen LogP contribution in [0.25, 0.3) is 11.2 Å². The standard InChI is InChI=1S/C28H33N9O4/c1-27(2,3)41-24(38)18-10-9-15(22(29)30)11-19(18)39-13-28(4,5)21-20-23(34-14-33-20)37-26(36-21)40-17-8-6-7-16(12-17)35-25(31)32/h6-12,14H,13H2,1-5H3,(H3,29,30)(H4,31,32,35)(H,33,34,36,37). The molecule has 2 aromatic heterocycles. The highest BCUT2D eigenvalue weighted by Gasteiger charge is 2.30. The molecule has 13 nitrogen and oxygen atoms in total. The Balaban J connectivity index is 1.65. The number of benzene rings is 2. The zero-order chi connectivity index (χ0) is 29.9. The fourth-order valence-corrected chi connectivity index (χ4v) is 3.87. The summed E-state index contributed by atoms with van der Waals surface area (Å²) in [7, 11) is 0. The molecule has 0 amide bonds. The molecule has 214 valence electrons. The van der Waals surface area contributed by atoms with Gasteiger partial charge < -0.3 is 36.0 Å².